The van der Waals surface area contributed by atoms with Crippen LogP contribution in [0.3, 0.4) is 0 Å². The molecule has 0 atom stereocenters. The van der Waals surface area contributed by atoms with E-state index in [0.29, 0.717) is 5.75 Å². The summed E-state index contributed by atoms with van der Waals surface area (Å²) in [5, 5.41) is 9.65. The lowest BCUT2D eigenvalue weighted by molar-refractivity contribution is -0.116. The van der Waals surface area contributed by atoms with Crippen molar-refractivity contribution in [3.05, 3.63) is 48.0 Å². The fourth-order valence-electron chi connectivity index (χ4n) is 3.64. The number of rotatable bonds is 3. The van der Waals surface area contributed by atoms with Crippen LogP contribution < -0.4 is 9.80 Å². The van der Waals surface area contributed by atoms with Crippen LogP contribution in [0, 0.1) is 0 Å². The Morgan fingerprint density at radius 2 is 1.85 bits per heavy atom. The Morgan fingerprint density at radius 3 is 2.58 bits per heavy atom. The third-order valence-corrected chi connectivity index (χ3v) is 6.08. The van der Waals surface area contributed by atoms with E-state index in [1.54, 1.807) is 24.9 Å². The van der Waals surface area contributed by atoms with Gasteiger partial charge in [0.1, 0.15) is 5.75 Å². The van der Waals surface area contributed by atoms with Gasteiger partial charge in [-0.2, -0.15) is 0 Å². The number of carbonyl (C=O) groups excluding carboxylic acids is 1. The Hall–Kier alpha value is -2.18. The van der Waals surface area contributed by atoms with Gasteiger partial charge in [-0.3, -0.25) is 4.79 Å². The van der Waals surface area contributed by atoms with E-state index in [2.05, 4.69) is 27.4 Å². The second kappa shape index (κ2) is 7.21. The molecular weight excluding hydrogens is 346 g/mol. The third-order valence-electron chi connectivity index (χ3n) is 4.99. The minimum Gasteiger partial charge on any atom is -0.508 e. The maximum atomic E-state index is 11.7. The summed E-state index contributed by atoms with van der Waals surface area (Å²) in [5.74, 6) is 0.435. The third kappa shape index (κ3) is 3.52. The fourth-order valence-corrected chi connectivity index (χ4v) is 4.61. The first kappa shape index (κ1) is 17.2. The summed E-state index contributed by atoms with van der Waals surface area (Å²) in [4.78, 5) is 17.1. The summed E-state index contributed by atoms with van der Waals surface area (Å²) in [7, 11) is 0. The highest BCUT2D eigenvalue weighted by Gasteiger charge is 2.23. The van der Waals surface area contributed by atoms with Crippen molar-refractivity contribution in [1.29, 1.82) is 0 Å². The number of carbonyl (C=O) groups is 1. The standard InChI is InChI=1S/C20H23N3O2S/c1-15(24)23-8-7-16-13-19(5-6-20(16)23)26-22-11-9-21(10-12-22)17-3-2-4-18(25)14-17/h2-6,13-14,25H,7-12H2,1H3. The van der Waals surface area contributed by atoms with Gasteiger partial charge in [0.15, 0.2) is 0 Å². The second-order valence-electron chi connectivity index (χ2n) is 6.74. The Morgan fingerprint density at radius 1 is 1.04 bits per heavy atom. The molecule has 1 N–H and O–H groups in total. The van der Waals surface area contributed by atoms with Gasteiger partial charge in [-0.05, 0) is 54.3 Å². The van der Waals surface area contributed by atoms with E-state index >= 15 is 0 Å². The quantitative estimate of drug-likeness (QED) is 0.843. The van der Waals surface area contributed by atoms with Crippen molar-refractivity contribution in [2.24, 2.45) is 0 Å². The molecule has 6 heteroatoms. The van der Waals surface area contributed by atoms with Crippen molar-refractivity contribution >= 4 is 29.2 Å². The van der Waals surface area contributed by atoms with E-state index in [1.165, 1.54) is 10.5 Å². The van der Waals surface area contributed by atoms with Crippen LogP contribution in [-0.4, -0.2) is 48.0 Å². The summed E-state index contributed by atoms with van der Waals surface area (Å²) in [6.07, 6.45) is 0.939. The minimum absolute atomic E-state index is 0.118. The molecule has 2 aromatic carbocycles. The van der Waals surface area contributed by atoms with E-state index in [0.717, 1.165) is 50.5 Å². The molecule has 2 heterocycles. The highest BCUT2D eigenvalue weighted by Crippen LogP contribution is 2.34. The molecule has 136 valence electrons. The van der Waals surface area contributed by atoms with Crippen molar-refractivity contribution in [2.75, 3.05) is 42.5 Å². The molecule has 0 aromatic heterocycles. The molecule has 0 unspecified atom stereocenters. The van der Waals surface area contributed by atoms with Gasteiger partial charge in [-0.25, -0.2) is 4.31 Å². The maximum Gasteiger partial charge on any atom is 0.223 e. The zero-order valence-electron chi connectivity index (χ0n) is 14.9. The van der Waals surface area contributed by atoms with Crippen LogP contribution in [0.15, 0.2) is 47.4 Å². The zero-order valence-corrected chi connectivity index (χ0v) is 15.7. The topological polar surface area (TPSA) is 47.0 Å². The number of nitrogens with zero attached hydrogens (tertiary/aromatic N) is 3. The number of amides is 1. The molecule has 1 amide bonds. The van der Waals surface area contributed by atoms with Crippen LogP contribution in [-0.2, 0) is 11.2 Å². The molecule has 1 saturated heterocycles. The molecule has 2 aromatic rings. The average Bonchev–Trinajstić information content (AvgIpc) is 3.06. The summed E-state index contributed by atoms with van der Waals surface area (Å²) in [6.45, 7) is 6.25. The van der Waals surface area contributed by atoms with Gasteiger partial charge < -0.3 is 14.9 Å². The van der Waals surface area contributed by atoms with Crippen LogP contribution in [0.5, 0.6) is 5.75 Å². The predicted octanol–water partition coefficient (Wildman–Crippen LogP) is 3.13. The highest BCUT2D eigenvalue weighted by molar-refractivity contribution is 7.97. The molecule has 0 radical (unpaired) electrons. The number of piperazine rings is 1. The lowest BCUT2D eigenvalue weighted by Gasteiger charge is -2.35. The number of hydrogen-bond acceptors (Lipinski definition) is 5. The van der Waals surface area contributed by atoms with Gasteiger partial charge >= 0.3 is 0 Å². The van der Waals surface area contributed by atoms with Gasteiger partial charge in [0, 0.05) is 62.0 Å². The lowest BCUT2D eigenvalue weighted by Crippen LogP contribution is -2.43. The Kier molecular flexibility index (Phi) is 4.78. The van der Waals surface area contributed by atoms with E-state index in [-0.39, 0.29) is 5.91 Å². The van der Waals surface area contributed by atoms with E-state index in [4.69, 9.17) is 0 Å². The largest absolute Gasteiger partial charge is 0.508 e. The number of benzene rings is 2. The van der Waals surface area contributed by atoms with Crippen LogP contribution in [0.1, 0.15) is 12.5 Å². The van der Waals surface area contributed by atoms with Gasteiger partial charge in [-0.15, -0.1) is 0 Å². The summed E-state index contributed by atoms with van der Waals surface area (Å²) in [5.41, 5.74) is 3.41. The highest BCUT2D eigenvalue weighted by atomic mass is 32.2. The molecule has 2 aliphatic heterocycles. The zero-order chi connectivity index (χ0) is 18.1. The minimum atomic E-state index is 0.118. The average molecular weight is 369 g/mol. The SMILES string of the molecule is CC(=O)N1CCc2cc(SN3CCN(c4cccc(O)c4)CC3)ccc21. The molecule has 0 aliphatic carbocycles. The van der Waals surface area contributed by atoms with Crippen LogP contribution >= 0.6 is 11.9 Å². The van der Waals surface area contributed by atoms with Crippen molar-refractivity contribution < 1.29 is 9.90 Å². The maximum absolute atomic E-state index is 11.7. The lowest BCUT2D eigenvalue weighted by atomic mass is 10.2. The number of phenols is 1. The molecule has 2 aliphatic rings. The normalized spacial score (nSPS) is 17.4. The van der Waals surface area contributed by atoms with Gasteiger partial charge in [0.05, 0.1) is 0 Å². The van der Waals surface area contributed by atoms with Crippen LogP contribution in [0.2, 0.25) is 0 Å². The van der Waals surface area contributed by atoms with Crippen molar-refractivity contribution in [3.8, 4) is 5.75 Å². The molecular formula is C20H23N3O2S. The number of fused-ring (bicyclic) bond motifs is 1. The first-order valence-corrected chi connectivity index (χ1v) is 9.75. The Bertz CT molecular complexity index is 818. The van der Waals surface area contributed by atoms with Crippen molar-refractivity contribution in [1.82, 2.24) is 4.31 Å². The van der Waals surface area contributed by atoms with Gasteiger partial charge in [0.25, 0.3) is 0 Å². The van der Waals surface area contributed by atoms with E-state index < -0.39 is 0 Å². The molecule has 5 nitrogen and oxygen atoms in total. The van der Waals surface area contributed by atoms with Crippen molar-refractivity contribution in [3.63, 3.8) is 0 Å². The van der Waals surface area contributed by atoms with Gasteiger partial charge in [-0.1, -0.05) is 6.07 Å². The smallest absolute Gasteiger partial charge is 0.223 e. The Labute approximate surface area is 158 Å². The summed E-state index contributed by atoms with van der Waals surface area (Å²) in [6, 6.07) is 13.9. The molecule has 1 fully saturated rings. The van der Waals surface area contributed by atoms with E-state index in [9.17, 15) is 9.90 Å². The molecule has 4 rings (SSSR count). The number of aromatic hydroxyl groups is 1. The van der Waals surface area contributed by atoms with Crippen molar-refractivity contribution in [2.45, 2.75) is 18.2 Å². The number of hydrogen-bond donors (Lipinski definition) is 1. The number of phenolic OH excluding ortho intramolecular Hbond substituents is 1. The molecule has 0 spiro atoms. The fraction of sp³-hybridized carbons (Fsp3) is 0.350. The first-order valence-electron chi connectivity index (χ1n) is 8.98. The Balaban J connectivity index is 1.37. The first-order chi connectivity index (χ1) is 12.6. The van der Waals surface area contributed by atoms with Crippen LogP contribution in [0.4, 0.5) is 11.4 Å². The summed E-state index contributed by atoms with van der Waals surface area (Å²) < 4.78 is 2.39. The predicted molar refractivity (Wildman–Crippen MR) is 106 cm³/mol. The van der Waals surface area contributed by atoms with Gasteiger partial charge in [0.2, 0.25) is 5.91 Å². The number of anilines is 2. The second-order valence-corrected chi connectivity index (χ2v) is 7.91. The molecule has 0 saturated carbocycles. The molecule has 0 bridgehead atoms. The monoisotopic (exact) mass is 369 g/mol. The summed E-state index contributed by atoms with van der Waals surface area (Å²) >= 11 is 1.79. The molecule has 26 heavy (non-hydrogen) atoms. The van der Waals surface area contributed by atoms with Crippen LogP contribution in [0.25, 0.3) is 0 Å². The van der Waals surface area contributed by atoms with E-state index in [1.807, 2.05) is 23.1 Å².